The van der Waals surface area contributed by atoms with Crippen LogP contribution in [0.3, 0.4) is 0 Å². The quantitative estimate of drug-likeness (QED) is 0.808. The number of nitrogens with one attached hydrogen (secondary N) is 1. The third-order valence-electron chi connectivity index (χ3n) is 2.56. The molecule has 4 heteroatoms. The predicted octanol–water partition coefficient (Wildman–Crippen LogP) is 1.60. The molecule has 3 N–H and O–H groups in total. The molecule has 0 aliphatic heterocycles. The summed E-state index contributed by atoms with van der Waals surface area (Å²) in [5, 5.41) is 2.99. The lowest BCUT2D eigenvalue weighted by Gasteiger charge is -2.18. The maximum atomic E-state index is 12.1. The Labute approximate surface area is 107 Å². The fourth-order valence-corrected chi connectivity index (χ4v) is 2.30. The minimum Gasteiger partial charge on any atom is -0.352 e. The molecule has 1 aromatic rings. The van der Waals surface area contributed by atoms with Crippen LogP contribution in [0.25, 0.3) is 0 Å². The van der Waals surface area contributed by atoms with Crippen molar-refractivity contribution in [3.63, 3.8) is 0 Å². The van der Waals surface area contributed by atoms with Crippen LogP contribution < -0.4 is 11.1 Å². The number of carbonyl (C=O) groups excluding carboxylic acids is 1. The molecule has 1 aromatic carbocycles. The van der Waals surface area contributed by atoms with Crippen LogP contribution in [0.1, 0.15) is 18.4 Å². The molecule has 0 aliphatic carbocycles. The first-order valence-electron chi connectivity index (χ1n) is 5.73. The molecule has 0 saturated carbocycles. The third-order valence-corrected chi connectivity index (χ3v) is 3.39. The summed E-state index contributed by atoms with van der Waals surface area (Å²) < 4.78 is 0. The topological polar surface area (TPSA) is 55.1 Å². The van der Waals surface area contributed by atoms with Gasteiger partial charge in [0.15, 0.2) is 0 Å². The first-order valence-corrected chi connectivity index (χ1v) is 7.12. The summed E-state index contributed by atoms with van der Waals surface area (Å²) in [6, 6.07) is 9.85. The van der Waals surface area contributed by atoms with Gasteiger partial charge in [-0.05, 0) is 18.7 Å². The van der Waals surface area contributed by atoms with E-state index >= 15 is 0 Å². The molecule has 0 aliphatic rings. The van der Waals surface area contributed by atoms with Gasteiger partial charge in [0.25, 0.3) is 0 Å². The van der Waals surface area contributed by atoms with Crippen LogP contribution in [0.2, 0.25) is 0 Å². The van der Waals surface area contributed by atoms with Crippen molar-refractivity contribution in [1.82, 2.24) is 5.32 Å². The molecule has 3 nitrogen and oxygen atoms in total. The van der Waals surface area contributed by atoms with Gasteiger partial charge < -0.3 is 11.1 Å². The van der Waals surface area contributed by atoms with Crippen molar-refractivity contribution in [3.05, 3.63) is 35.9 Å². The molecule has 94 valence electrons. The van der Waals surface area contributed by atoms with Gasteiger partial charge in [0.2, 0.25) is 5.91 Å². The fourth-order valence-electron chi connectivity index (χ4n) is 1.71. The average molecular weight is 252 g/mol. The Morgan fingerprint density at radius 2 is 2.06 bits per heavy atom. The molecule has 0 saturated heterocycles. The zero-order valence-corrected chi connectivity index (χ0v) is 11.2. The van der Waals surface area contributed by atoms with Crippen LogP contribution in [0, 0.1) is 0 Å². The number of carbonyl (C=O) groups is 1. The number of nitrogens with two attached hydrogens (primary N) is 1. The Morgan fingerprint density at radius 3 is 2.59 bits per heavy atom. The highest BCUT2D eigenvalue weighted by Crippen LogP contribution is 2.14. The van der Waals surface area contributed by atoms with E-state index in [1.807, 2.05) is 43.5 Å². The van der Waals surface area contributed by atoms with E-state index in [0.29, 0.717) is 6.54 Å². The molecule has 1 rings (SSSR count). The van der Waals surface area contributed by atoms with Crippen LogP contribution in [0.5, 0.6) is 0 Å². The minimum absolute atomic E-state index is 0.0141. The van der Waals surface area contributed by atoms with E-state index in [1.165, 1.54) is 0 Å². The summed E-state index contributed by atoms with van der Waals surface area (Å²) in [6.07, 6.45) is 2.03. The summed E-state index contributed by atoms with van der Waals surface area (Å²) >= 11 is 1.72. The summed E-state index contributed by atoms with van der Waals surface area (Å²) in [5.41, 5.74) is 6.67. The Kier molecular flexibility index (Phi) is 6.08. The largest absolute Gasteiger partial charge is 0.352 e. The summed E-state index contributed by atoms with van der Waals surface area (Å²) in [5.74, 6) is 0.679. The number of rotatable bonds is 6. The summed E-state index contributed by atoms with van der Waals surface area (Å²) in [4.78, 5) is 12.1. The van der Waals surface area contributed by atoms with Crippen molar-refractivity contribution >= 4 is 17.7 Å². The van der Waals surface area contributed by atoms with Crippen LogP contribution in [0.15, 0.2) is 30.3 Å². The second-order valence-electron chi connectivity index (χ2n) is 4.06. The smallest absolute Gasteiger partial charge is 0.229 e. The molecule has 17 heavy (non-hydrogen) atoms. The molecule has 0 heterocycles. The van der Waals surface area contributed by atoms with Gasteiger partial charge in [-0.3, -0.25) is 4.79 Å². The van der Waals surface area contributed by atoms with Gasteiger partial charge in [-0.15, -0.1) is 0 Å². The third kappa shape index (κ3) is 4.40. The maximum Gasteiger partial charge on any atom is 0.229 e. The average Bonchev–Trinajstić information content (AvgIpc) is 2.31. The Bertz CT molecular complexity index is 343. The highest BCUT2D eigenvalue weighted by molar-refractivity contribution is 7.98. The lowest BCUT2D eigenvalue weighted by Crippen LogP contribution is -2.39. The molecule has 0 radical (unpaired) electrons. The molecule has 1 amide bonds. The van der Waals surface area contributed by atoms with Crippen LogP contribution >= 0.6 is 11.8 Å². The van der Waals surface area contributed by atoms with E-state index < -0.39 is 0 Å². The SMILES string of the molecule is CSCC(C)NC(=O)C(CN)c1ccccc1. The molecular weight excluding hydrogens is 232 g/mol. The van der Waals surface area contributed by atoms with Crippen molar-refractivity contribution in [3.8, 4) is 0 Å². The first-order chi connectivity index (χ1) is 8.19. The molecular formula is C13H20N2OS. The Hall–Kier alpha value is -1.00. The van der Waals surface area contributed by atoms with Crippen LogP contribution in [-0.2, 0) is 4.79 Å². The lowest BCUT2D eigenvalue weighted by molar-refractivity contribution is -0.122. The molecule has 0 spiro atoms. The number of thioether (sulfide) groups is 1. The van der Waals surface area contributed by atoms with Crippen LogP contribution in [-0.4, -0.2) is 30.5 Å². The molecule has 0 bridgehead atoms. The second-order valence-corrected chi connectivity index (χ2v) is 4.97. The first kappa shape index (κ1) is 14.1. The van der Waals surface area contributed by atoms with Gasteiger partial charge in [0.05, 0.1) is 5.92 Å². The van der Waals surface area contributed by atoms with E-state index in [2.05, 4.69) is 5.32 Å². The number of amides is 1. The number of benzene rings is 1. The predicted molar refractivity (Wildman–Crippen MR) is 74.2 cm³/mol. The van der Waals surface area contributed by atoms with Gasteiger partial charge in [-0.25, -0.2) is 0 Å². The van der Waals surface area contributed by atoms with E-state index in [-0.39, 0.29) is 17.9 Å². The minimum atomic E-state index is -0.250. The van der Waals surface area contributed by atoms with Gasteiger partial charge in [-0.1, -0.05) is 30.3 Å². The van der Waals surface area contributed by atoms with E-state index in [9.17, 15) is 4.79 Å². The van der Waals surface area contributed by atoms with E-state index in [4.69, 9.17) is 5.73 Å². The summed E-state index contributed by atoms with van der Waals surface area (Å²) in [7, 11) is 0. The van der Waals surface area contributed by atoms with Gasteiger partial charge >= 0.3 is 0 Å². The van der Waals surface area contributed by atoms with Gasteiger partial charge in [0, 0.05) is 18.3 Å². The highest BCUT2D eigenvalue weighted by atomic mass is 32.2. The van der Waals surface area contributed by atoms with Crippen molar-refractivity contribution in [2.45, 2.75) is 18.9 Å². The standard InChI is InChI=1S/C13H20N2OS/c1-10(9-17-2)15-13(16)12(8-14)11-6-4-3-5-7-11/h3-7,10,12H,8-9,14H2,1-2H3,(H,15,16). The van der Waals surface area contributed by atoms with Crippen molar-refractivity contribution in [1.29, 1.82) is 0 Å². The summed E-state index contributed by atoms with van der Waals surface area (Å²) in [6.45, 7) is 2.34. The number of hydrogen-bond acceptors (Lipinski definition) is 3. The molecule has 2 atom stereocenters. The van der Waals surface area contributed by atoms with Gasteiger partial charge in [-0.2, -0.15) is 11.8 Å². The van der Waals surface area contributed by atoms with Crippen molar-refractivity contribution in [2.24, 2.45) is 5.73 Å². The molecule has 0 aromatic heterocycles. The van der Waals surface area contributed by atoms with Crippen molar-refractivity contribution in [2.75, 3.05) is 18.6 Å². The monoisotopic (exact) mass is 252 g/mol. The lowest BCUT2D eigenvalue weighted by atomic mass is 9.98. The van der Waals surface area contributed by atoms with Crippen LogP contribution in [0.4, 0.5) is 0 Å². The van der Waals surface area contributed by atoms with E-state index in [1.54, 1.807) is 11.8 Å². The van der Waals surface area contributed by atoms with Gasteiger partial charge in [0.1, 0.15) is 0 Å². The Balaban J connectivity index is 2.65. The zero-order valence-electron chi connectivity index (χ0n) is 10.3. The normalized spacial score (nSPS) is 14.1. The van der Waals surface area contributed by atoms with Crippen molar-refractivity contribution < 1.29 is 4.79 Å². The maximum absolute atomic E-state index is 12.1. The van der Waals surface area contributed by atoms with E-state index in [0.717, 1.165) is 11.3 Å². The highest BCUT2D eigenvalue weighted by Gasteiger charge is 2.19. The molecule has 0 fully saturated rings. The number of hydrogen-bond donors (Lipinski definition) is 2. The zero-order chi connectivity index (χ0) is 12.7. The molecule has 2 unspecified atom stereocenters. The fraction of sp³-hybridized carbons (Fsp3) is 0.462. The second kappa shape index (κ2) is 7.35. The Morgan fingerprint density at radius 1 is 1.41 bits per heavy atom.